The molecule has 3 N–H and O–H groups in total. The summed E-state index contributed by atoms with van der Waals surface area (Å²) in [7, 11) is 3.22. The van der Waals surface area contributed by atoms with Crippen molar-refractivity contribution >= 4 is 5.96 Å². The van der Waals surface area contributed by atoms with Crippen LogP contribution in [0.5, 0.6) is 11.5 Å². The highest BCUT2D eigenvalue weighted by atomic mass is 16.5. The lowest BCUT2D eigenvalue weighted by Crippen LogP contribution is -2.31. The Kier molecular flexibility index (Phi) is 5.94. The van der Waals surface area contributed by atoms with Gasteiger partial charge in [0, 0.05) is 18.9 Å². The van der Waals surface area contributed by atoms with Gasteiger partial charge >= 0.3 is 0 Å². The van der Waals surface area contributed by atoms with Gasteiger partial charge in [-0.1, -0.05) is 18.2 Å². The molecular weight excluding hydrogens is 342 g/mol. The molecule has 0 saturated heterocycles. The quantitative estimate of drug-likeness (QED) is 0.496. The van der Waals surface area contributed by atoms with E-state index in [0.717, 1.165) is 16.8 Å². The molecule has 0 aliphatic carbocycles. The van der Waals surface area contributed by atoms with Crippen LogP contribution in [-0.2, 0) is 13.1 Å². The predicted molar refractivity (Wildman–Crippen MR) is 105 cm³/mol. The highest BCUT2D eigenvalue weighted by Crippen LogP contribution is 2.27. The molecule has 0 amide bonds. The zero-order chi connectivity index (χ0) is 19.1. The smallest absolute Gasteiger partial charge is 0.189 e. The van der Waals surface area contributed by atoms with E-state index >= 15 is 0 Å². The molecule has 3 rings (SSSR count). The number of nitrogens with one attached hydrogen (secondary N) is 1. The van der Waals surface area contributed by atoms with Crippen molar-refractivity contribution in [1.29, 1.82) is 0 Å². The van der Waals surface area contributed by atoms with Crippen LogP contribution < -0.4 is 20.5 Å². The third-order valence-electron chi connectivity index (χ3n) is 4.06. The first-order valence-electron chi connectivity index (χ1n) is 8.53. The molecule has 2 aromatic carbocycles. The molecular formula is C20H23N5O2. The number of hydrogen-bond acceptors (Lipinski definition) is 4. The number of methoxy groups -OCH3 is 2. The molecule has 0 unspecified atom stereocenters. The second-order valence-electron chi connectivity index (χ2n) is 5.86. The first-order valence-corrected chi connectivity index (χ1v) is 8.53. The van der Waals surface area contributed by atoms with Crippen LogP contribution in [-0.4, -0.2) is 30.0 Å². The summed E-state index contributed by atoms with van der Waals surface area (Å²) in [5.74, 6) is 1.75. The monoisotopic (exact) mass is 365 g/mol. The molecule has 0 fully saturated rings. The summed E-state index contributed by atoms with van der Waals surface area (Å²) in [6.45, 7) is 1.05. The van der Waals surface area contributed by atoms with Gasteiger partial charge in [0.1, 0.15) is 0 Å². The van der Waals surface area contributed by atoms with E-state index < -0.39 is 0 Å². The number of aliphatic imine (C=N–C) groups is 1. The Balaban J connectivity index is 1.55. The minimum Gasteiger partial charge on any atom is -0.493 e. The molecule has 140 valence electrons. The molecule has 7 heteroatoms. The Morgan fingerprint density at radius 3 is 2.48 bits per heavy atom. The van der Waals surface area contributed by atoms with E-state index in [2.05, 4.69) is 15.4 Å². The number of rotatable bonds is 7. The molecule has 0 atom stereocenters. The van der Waals surface area contributed by atoms with Crippen LogP contribution in [0.15, 0.2) is 65.9 Å². The van der Waals surface area contributed by atoms with Crippen molar-refractivity contribution in [2.75, 3.05) is 14.2 Å². The van der Waals surface area contributed by atoms with E-state index in [1.54, 1.807) is 20.4 Å². The highest BCUT2D eigenvalue weighted by molar-refractivity contribution is 5.77. The minimum absolute atomic E-state index is 0.390. The molecule has 3 aromatic rings. The lowest BCUT2D eigenvalue weighted by atomic mass is 10.2. The minimum atomic E-state index is 0.390. The van der Waals surface area contributed by atoms with Crippen molar-refractivity contribution in [2.24, 2.45) is 10.7 Å². The SMILES string of the molecule is COc1ccc(CN=C(N)NCc2ccc(-n3cccn3)cc2)cc1OC. The van der Waals surface area contributed by atoms with Crippen LogP contribution in [0.1, 0.15) is 11.1 Å². The fraction of sp³-hybridized carbons (Fsp3) is 0.200. The molecule has 0 aliphatic rings. The molecule has 27 heavy (non-hydrogen) atoms. The number of aromatic nitrogens is 2. The van der Waals surface area contributed by atoms with Gasteiger partial charge in [0.15, 0.2) is 17.5 Å². The standard InChI is InChI=1S/C20H23N5O2/c1-26-18-9-6-16(12-19(18)27-2)14-23-20(21)22-13-15-4-7-17(8-5-15)25-11-3-10-24-25/h3-12H,13-14H2,1-2H3,(H3,21,22,23). The Hall–Kier alpha value is -3.48. The molecule has 0 spiro atoms. The van der Waals surface area contributed by atoms with E-state index in [1.165, 1.54) is 0 Å². The van der Waals surface area contributed by atoms with Gasteiger partial charge in [-0.15, -0.1) is 0 Å². The van der Waals surface area contributed by atoms with Gasteiger partial charge in [-0.25, -0.2) is 9.67 Å². The zero-order valence-electron chi connectivity index (χ0n) is 15.4. The lowest BCUT2D eigenvalue weighted by Gasteiger charge is -2.09. The van der Waals surface area contributed by atoms with Crippen LogP contribution in [0.3, 0.4) is 0 Å². The molecule has 7 nitrogen and oxygen atoms in total. The van der Waals surface area contributed by atoms with Crippen LogP contribution in [0.4, 0.5) is 0 Å². The number of nitrogens with two attached hydrogens (primary N) is 1. The highest BCUT2D eigenvalue weighted by Gasteiger charge is 2.04. The Morgan fingerprint density at radius 2 is 1.81 bits per heavy atom. The van der Waals surface area contributed by atoms with Crippen LogP contribution in [0.2, 0.25) is 0 Å². The van der Waals surface area contributed by atoms with Crippen LogP contribution >= 0.6 is 0 Å². The van der Waals surface area contributed by atoms with Gasteiger partial charge in [-0.2, -0.15) is 5.10 Å². The summed E-state index contributed by atoms with van der Waals surface area (Å²) >= 11 is 0. The lowest BCUT2D eigenvalue weighted by molar-refractivity contribution is 0.354. The van der Waals surface area contributed by atoms with E-state index in [0.29, 0.717) is 30.5 Å². The maximum atomic E-state index is 5.97. The van der Waals surface area contributed by atoms with Crippen molar-refractivity contribution in [3.8, 4) is 17.2 Å². The second-order valence-corrected chi connectivity index (χ2v) is 5.86. The first kappa shape index (κ1) is 18.3. The number of hydrogen-bond donors (Lipinski definition) is 2. The zero-order valence-corrected chi connectivity index (χ0v) is 15.4. The van der Waals surface area contributed by atoms with Crippen molar-refractivity contribution in [2.45, 2.75) is 13.1 Å². The summed E-state index contributed by atoms with van der Waals surface area (Å²) < 4.78 is 12.3. The molecule has 0 saturated carbocycles. The van der Waals surface area contributed by atoms with E-state index in [9.17, 15) is 0 Å². The summed E-state index contributed by atoms with van der Waals surface area (Å²) in [6, 6.07) is 15.7. The largest absolute Gasteiger partial charge is 0.493 e. The normalized spacial score (nSPS) is 11.3. The van der Waals surface area contributed by atoms with Crippen LogP contribution in [0, 0.1) is 0 Å². The maximum absolute atomic E-state index is 5.97. The molecule has 1 heterocycles. The summed E-state index contributed by atoms with van der Waals surface area (Å²) in [4.78, 5) is 4.37. The number of guanidine groups is 1. The van der Waals surface area contributed by atoms with E-state index in [1.807, 2.05) is 59.4 Å². The fourth-order valence-corrected chi connectivity index (χ4v) is 2.59. The van der Waals surface area contributed by atoms with E-state index in [-0.39, 0.29) is 0 Å². The third-order valence-corrected chi connectivity index (χ3v) is 4.06. The molecule has 1 aromatic heterocycles. The van der Waals surface area contributed by atoms with Crippen molar-refractivity contribution in [3.05, 3.63) is 72.1 Å². The Morgan fingerprint density at radius 1 is 1.07 bits per heavy atom. The average molecular weight is 365 g/mol. The van der Waals surface area contributed by atoms with Crippen molar-refractivity contribution in [1.82, 2.24) is 15.1 Å². The fourth-order valence-electron chi connectivity index (χ4n) is 2.59. The van der Waals surface area contributed by atoms with Crippen LogP contribution in [0.25, 0.3) is 5.69 Å². The third kappa shape index (κ3) is 4.78. The van der Waals surface area contributed by atoms with Gasteiger partial charge in [0.25, 0.3) is 0 Å². The van der Waals surface area contributed by atoms with Crippen molar-refractivity contribution in [3.63, 3.8) is 0 Å². The second kappa shape index (κ2) is 8.75. The first-order chi connectivity index (χ1) is 13.2. The average Bonchev–Trinajstić information content (AvgIpc) is 3.25. The predicted octanol–water partition coefficient (Wildman–Crippen LogP) is 2.49. The van der Waals surface area contributed by atoms with Gasteiger partial charge in [-0.05, 0) is 41.5 Å². The molecule has 0 bridgehead atoms. The Labute approximate surface area is 158 Å². The topological polar surface area (TPSA) is 86.7 Å². The maximum Gasteiger partial charge on any atom is 0.189 e. The van der Waals surface area contributed by atoms with Crippen molar-refractivity contribution < 1.29 is 9.47 Å². The number of benzene rings is 2. The van der Waals surface area contributed by atoms with Gasteiger partial charge < -0.3 is 20.5 Å². The molecule has 0 radical (unpaired) electrons. The number of ether oxygens (including phenoxy) is 2. The summed E-state index contributed by atoms with van der Waals surface area (Å²) in [5, 5.41) is 7.34. The van der Waals surface area contributed by atoms with Gasteiger partial charge in [0.05, 0.1) is 26.5 Å². The molecule has 0 aliphatic heterocycles. The van der Waals surface area contributed by atoms with Gasteiger partial charge in [-0.3, -0.25) is 0 Å². The number of nitrogens with zero attached hydrogens (tertiary/aromatic N) is 3. The summed E-state index contributed by atoms with van der Waals surface area (Å²) in [5.41, 5.74) is 9.08. The Bertz CT molecular complexity index is 889. The van der Waals surface area contributed by atoms with Gasteiger partial charge in [0.2, 0.25) is 0 Å². The van der Waals surface area contributed by atoms with E-state index in [4.69, 9.17) is 15.2 Å². The summed E-state index contributed by atoms with van der Waals surface area (Å²) in [6.07, 6.45) is 3.66.